The Labute approximate surface area is 167 Å². The number of fused-ring (bicyclic) bond motifs is 1. The smallest absolute Gasteiger partial charge is 0.337 e. The fourth-order valence-electron chi connectivity index (χ4n) is 3.32. The summed E-state index contributed by atoms with van der Waals surface area (Å²) in [5.41, 5.74) is 7.73. The second-order valence-electron chi connectivity index (χ2n) is 6.56. The van der Waals surface area contributed by atoms with E-state index in [1.165, 1.54) is 6.07 Å². The minimum atomic E-state index is -0.988. The summed E-state index contributed by atoms with van der Waals surface area (Å²) < 4.78 is 1.83. The summed E-state index contributed by atoms with van der Waals surface area (Å²) in [6, 6.07) is 18.9. The van der Waals surface area contributed by atoms with Gasteiger partial charge in [-0.1, -0.05) is 42.5 Å². The average molecular weight is 392 g/mol. The molecule has 2 heterocycles. The van der Waals surface area contributed by atoms with Crippen LogP contribution >= 0.6 is 0 Å². The molecule has 0 spiro atoms. The molecule has 0 bridgehead atoms. The average Bonchev–Trinajstić information content (AvgIpc) is 3.31. The molecule has 148 valence electrons. The molecule has 1 aliphatic heterocycles. The van der Waals surface area contributed by atoms with Gasteiger partial charge in [0.1, 0.15) is 0 Å². The van der Waals surface area contributed by atoms with Crippen molar-refractivity contribution in [1.29, 1.82) is 0 Å². The predicted octanol–water partition coefficient (Wildman–Crippen LogP) is 3.26. The lowest BCUT2D eigenvalue weighted by molar-refractivity contribution is -0.138. The van der Waals surface area contributed by atoms with Crippen LogP contribution in [0.3, 0.4) is 0 Å². The fraction of sp³-hybridized carbons (Fsp3) is 0.136. The van der Waals surface area contributed by atoms with Crippen LogP contribution in [0.2, 0.25) is 0 Å². The fourth-order valence-corrected chi connectivity index (χ4v) is 3.32. The number of para-hydroxylation sites is 1. The largest absolute Gasteiger partial charge is 0.481 e. The number of aromatic nitrogens is 1. The van der Waals surface area contributed by atoms with Gasteiger partial charge in [-0.25, -0.2) is 4.79 Å². The molecule has 3 aromatic rings. The standard InChI is InChI=1S/C15H13NO3.C7H7NO2/c17-14(10-4-2-1-3-5-10)13-7-6-12-11(15(18)19)8-9-16(12)13;8-6-4-2-1-3-5(6)7(9)10/h1-7,11H,8-9H2,(H,18,19);1-4H,8H2,(H,9,10). The maximum atomic E-state index is 12.4. The Morgan fingerprint density at radius 3 is 2.14 bits per heavy atom. The number of carbonyl (C=O) groups is 3. The van der Waals surface area contributed by atoms with Crippen LogP contribution in [0.4, 0.5) is 5.69 Å². The monoisotopic (exact) mass is 392 g/mol. The van der Waals surface area contributed by atoms with Crippen molar-refractivity contribution in [2.75, 3.05) is 5.73 Å². The lowest BCUT2D eigenvalue weighted by Crippen LogP contribution is -2.09. The van der Waals surface area contributed by atoms with Crippen LogP contribution in [0.1, 0.15) is 44.4 Å². The van der Waals surface area contributed by atoms with Gasteiger partial charge in [0.05, 0.1) is 17.2 Å². The molecule has 1 aliphatic rings. The van der Waals surface area contributed by atoms with Crippen molar-refractivity contribution in [3.63, 3.8) is 0 Å². The number of nitrogens with two attached hydrogens (primary N) is 1. The molecule has 1 atom stereocenters. The first-order chi connectivity index (χ1) is 13.9. The van der Waals surface area contributed by atoms with Crippen LogP contribution in [0.15, 0.2) is 66.7 Å². The normalized spacial score (nSPS) is 14.4. The third-order valence-corrected chi connectivity index (χ3v) is 4.77. The molecule has 4 N–H and O–H groups in total. The number of ketones is 1. The zero-order valence-electron chi connectivity index (χ0n) is 15.5. The number of hydrogen-bond acceptors (Lipinski definition) is 4. The highest BCUT2D eigenvalue weighted by Gasteiger charge is 2.31. The van der Waals surface area contributed by atoms with Crippen molar-refractivity contribution in [3.8, 4) is 0 Å². The number of carbonyl (C=O) groups excluding carboxylic acids is 1. The molecule has 29 heavy (non-hydrogen) atoms. The van der Waals surface area contributed by atoms with E-state index in [4.69, 9.17) is 15.9 Å². The topological polar surface area (TPSA) is 123 Å². The SMILES string of the molecule is Nc1ccccc1C(=O)O.O=C(c1ccccc1)c1ccc2n1CCC2C(=O)O. The first-order valence-electron chi connectivity index (χ1n) is 9.00. The molecule has 0 amide bonds. The van der Waals surface area contributed by atoms with Crippen molar-refractivity contribution in [2.24, 2.45) is 0 Å². The summed E-state index contributed by atoms with van der Waals surface area (Å²) in [5, 5.41) is 17.6. The second kappa shape index (κ2) is 8.43. The molecular formula is C22H20N2O5. The number of aromatic carboxylic acids is 1. The van der Waals surface area contributed by atoms with Gasteiger partial charge in [-0.3, -0.25) is 9.59 Å². The number of aliphatic carboxylic acids is 1. The molecule has 7 nitrogen and oxygen atoms in total. The summed E-state index contributed by atoms with van der Waals surface area (Å²) in [6.07, 6.45) is 0.556. The van der Waals surface area contributed by atoms with E-state index in [1.807, 2.05) is 22.8 Å². The minimum absolute atomic E-state index is 0.0575. The predicted molar refractivity (Wildman–Crippen MR) is 107 cm³/mol. The number of hydrogen-bond donors (Lipinski definition) is 3. The molecule has 2 aromatic carbocycles. The zero-order valence-corrected chi connectivity index (χ0v) is 15.5. The molecule has 1 unspecified atom stereocenters. The number of carboxylic acid groups (broad SMARTS) is 2. The van der Waals surface area contributed by atoms with E-state index >= 15 is 0 Å². The van der Waals surface area contributed by atoms with Gasteiger partial charge in [0.25, 0.3) is 0 Å². The summed E-state index contributed by atoms with van der Waals surface area (Å²) >= 11 is 0. The van der Waals surface area contributed by atoms with Gasteiger partial charge in [0.15, 0.2) is 0 Å². The molecule has 0 fully saturated rings. The Morgan fingerprint density at radius 1 is 0.897 bits per heavy atom. The maximum absolute atomic E-state index is 12.4. The van der Waals surface area contributed by atoms with Gasteiger partial charge >= 0.3 is 11.9 Å². The van der Waals surface area contributed by atoms with Gasteiger partial charge in [0, 0.05) is 23.5 Å². The number of nitrogens with zero attached hydrogens (tertiary/aromatic N) is 1. The van der Waals surface area contributed by atoms with Gasteiger partial charge < -0.3 is 20.5 Å². The molecule has 0 saturated carbocycles. The van der Waals surface area contributed by atoms with Crippen molar-refractivity contribution in [3.05, 3.63) is 89.2 Å². The number of anilines is 1. The van der Waals surface area contributed by atoms with Crippen LogP contribution in [0.5, 0.6) is 0 Å². The highest BCUT2D eigenvalue weighted by atomic mass is 16.4. The maximum Gasteiger partial charge on any atom is 0.337 e. The lowest BCUT2D eigenvalue weighted by Gasteiger charge is -2.05. The summed E-state index contributed by atoms with van der Waals surface area (Å²) in [5.74, 6) is -2.36. The number of rotatable bonds is 4. The molecule has 7 heteroatoms. The Kier molecular flexibility index (Phi) is 5.78. The van der Waals surface area contributed by atoms with Crippen LogP contribution in [-0.2, 0) is 11.3 Å². The van der Waals surface area contributed by atoms with Crippen LogP contribution < -0.4 is 5.73 Å². The number of carboxylic acids is 2. The molecule has 0 aliphatic carbocycles. The summed E-state index contributed by atoms with van der Waals surface area (Å²) in [7, 11) is 0. The zero-order chi connectivity index (χ0) is 21.0. The first-order valence-corrected chi connectivity index (χ1v) is 9.00. The Hall–Kier alpha value is -3.87. The van der Waals surface area contributed by atoms with E-state index in [0.29, 0.717) is 29.9 Å². The second-order valence-corrected chi connectivity index (χ2v) is 6.56. The Morgan fingerprint density at radius 2 is 1.55 bits per heavy atom. The van der Waals surface area contributed by atoms with E-state index in [1.54, 1.807) is 42.5 Å². The first kappa shape index (κ1) is 19.9. The highest BCUT2D eigenvalue weighted by Crippen LogP contribution is 2.31. The summed E-state index contributed by atoms with van der Waals surface area (Å²) in [4.78, 5) is 33.8. The Bertz CT molecular complexity index is 1060. The van der Waals surface area contributed by atoms with Crippen molar-refractivity contribution < 1.29 is 24.6 Å². The number of benzene rings is 2. The van der Waals surface area contributed by atoms with Gasteiger partial charge in [-0.2, -0.15) is 0 Å². The van der Waals surface area contributed by atoms with E-state index in [-0.39, 0.29) is 11.3 Å². The van der Waals surface area contributed by atoms with Crippen LogP contribution in [0.25, 0.3) is 0 Å². The molecular weight excluding hydrogens is 372 g/mol. The van der Waals surface area contributed by atoms with Crippen molar-refractivity contribution in [2.45, 2.75) is 18.9 Å². The van der Waals surface area contributed by atoms with E-state index < -0.39 is 17.9 Å². The molecule has 0 saturated heterocycles. The van der Waals surface area contributed by atoms with Gasteiger partial charge in [-0.15, -0.1) is 0 Å². The lowest BCUT2D eigenvalue weighted by atomic mass is 10.1. The summed E-state index contributed by atoms with van der Waals surface area (Å²) in [6.45, 7) is 0.590. The third kappa shape index (κ3) is 4.19. The molecule has 4 rings (SSSR count). The Balaban J connectivity index is 0.000000204. The van der Waals surface area contributed by atoms with E-state index in [9.17, 15) is 14.4 Å². The minimum Gasteiger partial charge on any atom is -0.481 e. The molecule has 1 aromatic heterocycles. The van der Waals surface area contributed by atoms with Crippen LogP contribution in [0, 0.1) is 0 Å². The van der Waals surface area contributed by atoms with Gasteiger partial charge in [-0.05, 0) is 30.7 Å². The van der Waals surface area contributed by atoms with Gasteiger partial charge in [0.2, 0.25) is 5.78 Å². The van der Waals surface area contributed by atoms with E-state index in [2.05, 4.69) is 0 Å². The quantitative estimate of drug-likeness (QED) is 0.463. The van der Waals surface area contributed by atoms with Crippen molar-refractivity contribution in [1.82, 2.24) is 4.57 Å². The van der Waals surface area contributed by atoms with Crippen molar-refractivity contribution >= 4 is 23.4 Å². The number of nitrogen functional groups attached to an aromatic ring is 1. The van der Waals surface area contributed by atoms with Crippen LogP contribution in [-0.4, -0.2) is 32.5 Å². The highest BCUT2D eigenvalue weighted by molar-refractivity contribution is 6.08. The molecule has 0 radical (unpaired) electrons. The van der Waals surface area contributed by atoms with E-state index in [0.717, 1.165) is 5.69 Å². The third-order valence-electron chi connectivity index (χ3n) is 4.77.